The highest BCUT2D eigenvalue weighted by molar-refractivity contribution is 7.18. The van der Waals surface area contributed by atoms with Crippen LogP contribution in [0.1, 0.15) is 24.0 Å². The molecule has 0 nitrogen and oxygen atoms in total. The highest BCUT2D eigenvalue weighted by atomic mass is 32.1. The molecule has 1 aromatic heterocycles. The second-order valence-electron chi connectivity index (χ2n) is 18.9. The zero-order valence-corrected chi connectivity index (χ0v) is 39.4. The van der Waals surface area contributed by atoms with Crippen LogP contribution in [0.25, 0.3) is 136 Å². The van der Waals surface area contributed by atoms with Gasteiger partial charge in [-0.3, -0.25) is 0 Å². The van der Waals surface area contributed by atoms with Gasteiger partial charge in [0.05, 0.1) is 0 Å². The molecule has 1 heteroatoms. The lowest BCUT2D eigenvalue weighted by Gasteiger charge is -2.22. The van der Waals surface area contributed by atoms with Gasteiger partial charge in [-0.15, -0.1) is 11.3 Å². The van der Waals surface area contributed by atoms with E-state index in [1.807, 2.05) is 11.3 Å². The molecule has 0 fully saturated rings. The van der Waals surface area contributed by atoms with E-state index in [1.54, 1.807) is 0 Å². The third-order valence-electron chi connectivity index (χ3n) is 15.0. The number of benzene rings is 12. The van der Waals surface area contributed by atoms with Crippen LogP contribution < -0.4 is 0 Å². The van der Waals surface area contributed by atoms with Gasteiger partial charge in [-0.05, 0) is 181 Å². The first-order chi connectivity index (χ1) is 34.7. The number of allylic oxidation sites excluding steroid dienone is 1. The zero-order chi connectivity index (χ0) is 46.1. The highest BCUT2D eigenvalue weighted by Crippen LogP contribution is 2.49. The maximum atomic E-state index is 2.46. The van der Waals surface area contributed by atoms with E-state index in [0.29, 0.717) is 0 Å². The molecule has 13 aromatic rings. The van der Waals surface area contributed by atoms with Gasteiger partial charge in [0.1, 0.15) is 0 Å². The Balaban J connectivity index is 0.895. The summed E-state index contributed by atoms with van der Waals surface area (Å²) in [4.78, 5) is 2.53. The number of fused-ring (bicyclic) bond motifs is 7. The van der Waals surface area contributed by atoms with E-state index in [-0.39, 0.29) is 0 Å². The van der Waals surface area contributed by atoms with Crippen molar-refractivity contribution in [1.29, 1.82) is 0 Å². The van der Waals surface area contributed by atoms with Crippen molar-refractivity contribution in [3.63, 3.8) is 0 Å². The van der Waals surface area contributed by atoms with Crippen molar-refractivity contribution in [3.05, 3.63) is 248 Å². The Bertz CT molecular complexity index is 4250. The normalized spacial score (nSPS) is 12.6. The molecule has 12 aromatic carbocycles. The van der Waals surface area contributed by atoms with Crippen LogP contribution >= 0.6 is 11.3 Å². The monoisotopic (exact) mass is 906 g/mol. The molecule has 0 unspecified atom stereocenters. The van der Waals surface area contributed by atoms with Gasteiger partial charge in [0.25, 0.3) is 0 Å². The van der Waals surface area contributed by atoms with Crippen LogP contribution in [0.3, 0.4) is 0 Å². The first-order valence-corrected chi connectivity index (χ1v) is 25.4. The van der Waals surface area contributed by atoms with Gasteiger partial charge < -0.3 is 0 Å². The Hall–Kier alpha value is -8.36. The molecule has 0 radical (unpaired) electrons. The molecule has 0 saturated carbocycles. The maximum Gasteiger partial charge on any atom is 0.0349 e. The van der Waals surface area contributed by atoms with Gasteiger partial charge in [0.2, 0.25) is 0 Å². The lowest BCUT2D eigenvalue weighted by Crippen LogP contribution is -1.99. The third-order valence-corrected chi connectivity index (χ3v) is 16.1. The molecule has 0 saturated heterocycles. The fraction of sp³-hybridized carbons (Fsp3) is 0.0435. The lowest BCUT2D eigenvalue weighted by molar-refractivity contribution is 0.854. The predicted octanol–water partition coefficient (Wildman–Crippen LogP) is 20.0. The maximum absolute atomic E-state index is 2.46. The Kier molecular flexibility index (Phi) is 9.71. The largest absolute Gasteiger partial charge is 0.135 e. The molecule has 328 valence electrons. The van der Waals surface area contributed by atoms with E-state index >= 15 is 0 Å². The van der Waals surface area contributed by atoms with Crippen LogP contribution in [0.4, 0.5) is 0 Å². The van der Waals surface area contributed by atoms with Crippen molar-refractivity contribution < 1.29 is 0 Å². The summed E-state index contributed by atoms with van der Waals surface area (Å²) in [7, 11) is 0. The van der Waals surface area contributed by atoms with Gasteiger partial charge >= 0.3 is 0 Å². The van der Waals surface area contributed by atoms with Crippen molar-refractivity contribution in [3.8, 4) is 65.4 Å². The summed E-state index contributed by atoms with van der Waals surface area (Å²) in [6, 6.07) is 86.3. The van der Waals surface area contributed by atoms with Crippen LogP contribution in [0, 0.1) is 0 Å². The van der Waals surface area contributed by atoms with Crippen molar-refractivity contribution >= 4 is 82.0 Å². The average molecular weight is 907 g/mol. The Labute approximate surface area is 412 Å². The molecule has 0 aliphatic heterocycles. The van der Waals surface area contributed by atoms with E-state index in [0.717, 1.165) is 19.3 Å². The number of thiophene rings is 1. The minimum Gasteiger partial charge on any atom is -0.135 e. The molecule has 70 heavy (non-hydrogen) atoms. The summed E-state index contributed by atoms with van der Waals surface area (Å²) in [5.74, 6) is 0. The van der Waals surface area contributed by atoms with Crippen LogP contribution in [0.15, 0.2) is 237 Å². The minimum atomic E-state index is 1.05. The lowest BCUT2D eigenvalue weighted by atomic mass is 9.81. The standard InChI is InChI=1S/C69H46S/c1-2-22-58-60(23-3-1)69(55-28-14-20-46-17-8-9-21-54(46)55)61-27-13-12-26-59(61)66(58)48-33-31-47(32-34-48)64-39-40-65(70-64)51-37-38-62-63(43-51)68(53-36-30-45-16-5-7-19-50(45)42-53)57-25-11-10-24-56(57)67(62)52-35-29-44-15-4-6-18-49(44)41-52/h3-21,23-43H,1-2,22H2. The molecule has 14 rings (SSSR count). The first kappa shape index (κ1) is 40.7. The van der Waals surface area contributed by atoms with E-state index < -0.39 is 0 Å². The molecule has 0 bridgehead atoms. The molecule has 0 spiro atoms. The number of hydrogen-bond donors (Lipinski definition) is 0. The van der Waals surface area contributed by atoms with E-state index in [1.165, 1.54) is 141 Å². The average Bonchev–Trinajstić information content (AvgIpc) is 3.80. The Morgan fingerprint density at radius 2 is 0.786 bits per heavy atom. The van der Waals surface area contributed by atoms with Crippen LogP contribution in [-0.4, -0.2) is 0 Å². The zero-order valence-electron chi connectivity index (χ0n) is 38.6. The fourth-order valence-corrected chi connectivity index (χ4v) is 12.7. The van der Waals surface area contributed by atoms with E-state index in [2.05, 4.69) is 243 Å². The van der Waals surface area contributed by atoms with Gasteiger partial charge in [-0.2, -0.15) is 0 Å². The second kappa shape index (κ2) is 16.7. The van der Waals surface area contributed by atoms with Gasteiger partial charge in [0, 0.05) is 9.75 Å². The summed E-state index contributed by atoms with van der Waals surface area (Å²) < 4.78 is 0. The van der Waals surface area contributed by atoms with Crippen LogP contribution in [-0.2, 0) is 6.42 Å². The van der Waals surface area contributed by atoms with Gasteiger partial charge in [-0.25, -0.2) is 0 Å². The SMILES string of the molecule is C1=Cc2c(c(-c3ccc(-c4ccc(-c5ccc6c(-c7ccc8ccccc8c7)c7ccccc7c(-c7ccc8ccccc8c7)c6c5)s4)cc3)c3ccccc3c2-c2cccc3ccccc23)CCC1. The topological polar surface area (TPSA) is 0 Å². The van der Waals surface area contributed by atoms with Crippen molar-refractivity contribution in [2.24, 2.45) is 0 Å². The van der Waals surface area contributed by atoms with Crippen molar-refractivity contribution in [1.82, 2.24) is 0 Å². The number of rotatable bonds is 6. The highest BCUT2D eigenvalue weighted by Gasteiger charge is 2.23. The van der Waals surface area contributed by atoms with Gasteiger partial charge in [0.15, 0.2) is 0 Å². The summed E-state index contributed by atoms with van der Waals surface area (Å²) in [6.07, 6.45) is 8.08. The molecule has 1 aliphatic rings. The molecule has 1 heterocycles. The van der Waals surface area contributed by atoms with Gasteiger partial charge in [-0.1, -0.05) is 212 Å². The number of hydrogen-bond acceptors (Lipinski definition) is 1. The first-order valence-electron chi connectivity index (χ1n) is 24.6. The van der Waals surface area contributed by atoms with Crippen LogP contribution in [0.5, 0.6) is 0 Å². The Morgan fingerprint density at radius 3 is 1.46 bits per heavy atom. The molecule has 0 atom stereocenters. The molecular weight excluding hydrogens is 861 g/mol. The smallest absolute Gasteiger partial charge is 0.0349 e. The molecule has 0 amide bonds. The van der Waals surface area contributed by atoms with E-state index in [9.17, 15) is 0 Å². The van der Waals surface area contributed by atoms with Crippen molar-refractivity contribution in [2.75, 3.05) is 0 Å². The molecule has 0 N–H and O–H groups in total. The second-order valence-corrected chi connectivity index (χ2v) is 20.0. The summed E-state index contributed by atoms with van der Waals surface area (Å²) in [5, 5.41) is 15.3. The third kappa shape index (κ3) is 6.72. The quantitative estimate of drug-likeness (QED) is 0.146. The molecule has 1 aliphatic carbocycles. The summed E-state index contributed by atoms with van der Waals surface area (Å²) in [6.45, 7) is 0. The molecular formula is C69H46S. The van der Waals surface area contributed by atoms with Crippen LogP contribution in [0.2, 0.25) is 0 Å². The minimum absolute atomic E-state index is 1.05. The van der Waals surface area contributed by atoms with E-state index in [4.69, 9.17) is 0 Å². The van der Waals surface area contributed by atoms with Crippen molar-refractivity contribution in [2.45, 2.75) is 19.3 Å². The summed E-state index contributed by atoms with van der Waals surface area (Å²) >= 11 is 1.88. The fourth-order valence-electron chi connectivity index (χ4n) is 11.7. The summed E-state index contributed by atoms with van der Waals surface area (Å²) in [5.41, 5.74) is 15.6. The Morgan fingerprint density at radius 1 is 0.300 bits per heavy atom. The predicted molar refractivity (Wildman–Crippen MR) is 304 cm³/mol.